The van der Waals surface area contributed by atoms with Gasteiger partial charge >= 0.3 is 6.03 Å². The molecule has 0 saturated heterocycles. The van der Waals surface area contributed by atoms with E-state index in [9.17, 15) is 9.59 Å². The maximum absolute atomic E-state index is 12.5. The Bertz CT molecular complexity index is 1080. The lowest BCUT2D eigenvalue weighted by Crippen LogP contribution is -2.43. The molecule has 35 heavy (non-hydrogen) atoms. The van der Waals surface area contributed by atoms with Crippen molar-refractivity contribution in [2.24, 2.45) is 0 Å². The summed E-state index contributed by atoms with van der Waals surface area (Å²) in [6.07, 6.45) is 8.71. The lowest BCUT2D eigenvalue weighted by molar-refractivity contribution is -0.121. The number of carbonyl (C=O) groups excluding carboxylic acids is 2. The van der Waals surface area contributed by atoms with E-state index in [2.05, 4.69) is 28.1 Å². The number of benzene rings is 2. The molecule has 1 aliphatic rings. The lowest BCUT2D eigenvalue weighted by Gasteiger charge is -2.22. The maximum atomic E-state index is 12.5. The molecule has 1 saturated carbocycles. The summed E-state index contributed by atoms with van der Waals surface area (Å²) in [7, 11) is 0. The zero-order chi connectivity index (χ0) is 24.3. The standard InChI is InChI=1S/C28H35N5O2/c34-26(17-10-18-29-28(35)31-25-15-8-3-9-16-25)30-19-24-21-33(20-22-11-4-1-5-12-22)32-27(24)23-13-6-2-7-14-23/h1-2,4-7,11-14,21,25H,3,8-10,15-20H2,(H,30,34)(H2,29,31,35). The van der Waals surface area contributed by atoms with Crippen LogP contribution in [-0.4, -0.2) is 34.3 Å². The number of carbonyl (C=O) groups is 2. The van der Waals surface area contributed by atoms with Gasteiger partial charge in [0.05, 0.1) is 12.2 Å². The van der Waals surface area contributed by atoms with Gasteiger partial charge in [-0.25, -0.2) is 4.79 Å². The first kappa shape index (κ1) is 24.5. The molecule has 1 aliphatic carbocycles. The van der Waals surface area contributed by atoms with E-state index in [-0.39, 0.29) is 18.0 Å². The number of nitrogens with one attached hydrogen (secondary N) is 3. The minimum atomic E-state index is -0.129. The van der Waals surface area contributed by atoms with Gasteiger partial charge in [0.25, 0.3) is 0 Å². The van der Waals surface area contributed by atoms with Gasteiger partial charge < -0.3 is 16.0 Å². The van der Waals surface area contributed by atoms with Gasteiger partial charge in [0.1, 0.15) is 0 Å². The van der Waals surface area contributed by atoms with Crippen LogP contribution in [0.4, 0.5) is 4.79 Å². The first-order valence-corrected chi connectivity index (χ1v) is 12.6. The molecule has 3 aromatic rings. The molecular weight excluding hydrogens is 438 g/mol. The predicted molar refractivity (Wildman–Crippen MR) is 138 cm³/mol. The van der Waals surface area contributed by atoms with E-state index in [1.807, 2.05) is 59.4 Å². The van der Waals surface area contributed by atoms with Gasteiger partial charge in [-0.15, -0.1) is 0 Å². The molecule has 1 fully saturated rings. The summed E-state index contributed by atoms with van der Waals surface area (Å²) in [5, 5.41) is 13.7. The topological polar surface area (TPSA) is 88.0 Å². The van der Waals surface area contributed by atoms with Gasteiger partial charge in [0.15, 0.2) is 0 Å². The number of nitrogens with zero attached hydrogens (tertiary/aromatic N) is 2. The number of urea groups is 1. The van der Waals surface area contributed by atoms with Crippen LogP contribution in [0.3, 0.4) is 0 Å². The van der Waals surface area contributed by atoms with Crippen LogP contribution in [0.5, 0.6) is 0 Å². The highest BCUT2D eigenvalue weighted by Crippen LogP contribution is 2.22. The second-order valence-corrected chi connectivity index (χ2v) is 9.17. The van der Waals surface area contributed by atoms with Crippen molar-refractivity contribution in [3.63, 3.8) is 0 Å². The van der Waals surface area contributed by atoms with Crippen LogP contribution >= 0.6 is 0 Å². The molecule has 0 aliphatic heterocycles. The third-order valence-electron chi connectivity index (χ3n) is 6.35. The van der Waals surface area contributed by atoms with Gasteiger partial charge in [0, 0.05) is 42.9 Å². The second kappa shape index (κ2) is 12.7. The fourth-order valence-electron chi connectivity index (χ4n) is 4.50. The molecule has 0 bridgehead atoms. The summed E-state index contributed by atoms with van der Waals surface area (Å²) in [4.78, 5) is 24.5. The highest BCUT2D eigenvalue weighted by Gasteiger charge is 2.16. The summed E-state index contributed by atoms with van der Waals surface area (Å²) in [5.74, 6) is -0.0330. The van der Waals surface area contributed by atoms with Crippen molar-refractivity contribution in [2.75, 3.05) is 6.54 Å². The van der Waals surface area contributed by atoms with Gasteiger partial charge in [-0.2, -0.15) is 5.10 Å². The molecule has 0 spiro atoms. The average Bonchev–Trinajstić information content (AvgIpc) is 3.29. The SMILES string of the molecule is O=C(CCCNC(=O)NC1CCCCC1)NCc1cn(Cc2ccccc2)nc1-c1ccccc1. The van der Waals surface area contributed by atoms with Crippen LogP contribution in [0, 0.1) is 0 Å². The fraction of sp³-hybridized carbons (Fsp3) is 0.393. The number of rotatable bonds is 10. The van der Waals surface area contributed by atoms with Crippen molar-refractivity contribution in [3.05, 3.63) is 78.0 Å². The molecule has 0 atom stereocenters. The van der Waals surface area contributed by atoms with E-state index in [1.54, 1.807) is 0 Å². The Hall–Kier alpha value is -3.61. The van der Waals surface area contributed by atoms with Crippen LogP contribution < -0.4 is 16.0 Å². The molecule has 0 radical (unpaired) electrons. The molecule has 4 rings (SSSR count). The van der Waals surface area contributed by atoms with Crippen LogP contribution in [0.1, 0.15) is 56.1 Å². The Kier molecular flexibility index (Phi) is 8.92. The zero-order valence-corrected chi connectivity index (χ0v) is 20.2. The van der Waals surface area contributed by atoms with Crippen LogP contribution in [-0.2, 0) is 17.9 Å². The van der Waals surface area contributed by atoms with Crippen LogP contribution in [0.2, 0.25) is 0 Å². The van der Waals surface area contributed by atoms with Crippen molar-refractivity contribution >= 4 is 11.9 Å². The molecule has 1 aromatic heterocycles. The quantitative estimate of drug-likeness (QED) is 0.375. The first-order valence-electron chi connectivity index (χ1n) is 12.6. The van der Waals surface area contributed by atoms with Gasteiger partial charge in [-0.3, -0.25) is 9.48 Å². The Labute approximate surface area is 207 Å². The van der Waals surface area contributed by atoms with Crippen LogP contribution in [0.25, 0.3) is 11.3 Å². The summed E-state index contributed by atoms with van der Waals surface area (Å²) in [6.45, 7) is 1.56. The largest absolute Gasteiger partial charge is 0.352 e. The molecular formula is C28H35N5O2. The van der Waals surface area contributed by atoms with Gasteiger partial charge in [-0.1, -0.05) is 79.9 Å². The van der Waals surface area contributed by atoms with Crippen molar-refractivity contribution in [3.8, 4) is 11.3 Å². The third kappa shape index (κ3) is 7.70. The smallest absolute Gasteiger partial charge is 0.315 e. The highest BCUT2D eigenvalue weighted by molar-refractivity contribution is 5.77. The van der Waals surface area contributed by atoms with Crippen molar-refractivity contribution in [1.29, 1.82) is 0 Å². The molecule has 7 nitrogen and oxygen atoms in total. The Morgan fingerprint density at radius 2 is 1.63 bits per heavy atom. The number of hydrogen-bond acceptors (Lipinski definition) is 3. The number of hydrogen-bond donors (Lipinski definition) is 3. The van der Waals surface area contributed by atoms with Crippen molar-refractivity contribution in [1.82, 2.24) is 25.7 Å². The Morgan fingerprint density at radius 1 is 0.914 bits per heavy atom. The van der Waals surface area contributed by atoms with Crippen molar-refractivity contribution in [2.45, 2.75) is 64.1 Å². The first-order chi connectivity index (χ1) is 17.2. The normalized spacial score (nSPS) is 13.8. The van der Waals surface area contributed by atoms with E-state index in [0.717, 1.165) is 29.7 Å². The fourth-order valence-corrected chi connectivity index (χ4v) is 4.50. The molecule has 3 N–H and O–H groups in total. The maximum Gasteiger partial charge on any atom is 0.315 e. The minimum absolute atomic E-state index is 0.0330. The lowest BCUT2D eigenvalue weighted by atomic mass is 9.96. The average molecular weight is 474 g/mol. The predicted octanol–water partition coefficient (Wildman–Crippen LogP) is 4.63. The molecule has 184 valence electrons. The van der Waals surface area contributed by atoms with Gasteiger partial charge in [0.2, 0.25) is 5.91 Å². The second-order valence-electron chi connectivity index (χ2n) is 9.17. The zero-order valence-electron chi connectivity index (χ0n) is 20.2. The molecule has 0 unspecified atom stereocenters. The summed E-state index contributed by atoms with van der Waals surface area (Å²) in [5.41, 5.74) is 4.05. The molecule has 7 heteroatoms. The van der Waals surface area contributed by atoms with E-state index in [4.69, 9.17) is 5.10 Å². The summed E-state index contributed by atoms with van der Waals surface area (Å²) >= 11 is 0. The van der Waals surface area contributed by atoms with E-state index >= 15 is 0 Å². The third-order valence-corrected chi connectivity index (χ3v) is 6.35. The summed E-state index contributed by atoms with van der Waals surface area (Å²) < 4.78 is 1.92. The van der Waals surface area contributed by atoms with Crippen molar-refractivity contribution < 1.29 is 9.59 Å². The minimum Gasteiger partial charge on any atom is -0.352 e. The van der Waals surface area contributed by atoms with Gasteiger partial charge in [-0.05, 0) is 24.8 Å². The molecule has 2 aromatic carbocycles. The number of amides is 3. The number of aromatic nitrogens is 2. The molecule has 3 amide bonds. The van der Waals surface area contributed by atoms with E-state index < -0.39 is 0 Å². The van der Waals surface area contributed by atoms with Crippen LogP contribution in [0.15, 0.2) is 66.9 Å². The molecule has 1 heterocycles. The van der Waals surface area contributed by atoms with E-state index in [0.29, 0.717) is 32.5 Å². The van der Waals surface area contributed by atoms with E-state index in [1.165, 1.54) is 24.8 Å². The monoisotopic (exact) mass is 473 g/mol. The highest BCUT2D eigenvalue weighted by atomic mass is 16.2. The Balaban J connectivity index is 1.26. The Morgan fingerprint density at radius 3 is 2.37 bits per heavy atom. The summed E-state index contributed by atoms with van der Waals surface area (Å²) in [6, 6.07) is 20.4.